The Morgan fingerprint density at radius 3 is 2.46 bits per heavy atom. The summed E-state index contributed by atoms with van der Waals surface area (Å²) in [5.41, 5.74) is 2.17. The van der Waals surface area contributed by atoms with Gasteiger partial charge in [-0.05, 0) is 54.2 Å². The molecule has 0 bridgehead atoms. The van der Waals surface area contributed by atoms with E-state index in [1.165, 1.54) is 0 Å². The van der Waals surface area contributed by atoms with Gasteiger partial charge in [0.1, 0.15) is 19.0 Å². The van der Waals surface area contributed by atoms with Crippen molar-refractivity contribution >= 4 is 5.91 Å². The normalized spacial score (nSPS) is 13.9. The van der Waals surface area contributed by atoms with Crippen molar-refractivity contribution in [2.24, 2.45) is 5.92 Å². The van der Waals surface area contributed by atoms with E-state index in [4.69, 9.17) is 14.2 Å². The van der Waals surface area contributed by atoms with Crippen LogP contribution in [0.2, 0.25) is 0 Å². The molecule has 28 heavy (non-hydrogen) atoms. The lowest BCUT2D eigenvalue weighted by Crippen LogP contribution is -2.29. The largest absolute Gasteiger partial charge is 0.497 e. The van der Waals surface area contributed by atoms with Gasteiger partial charge in [-0.15, -0.1) is 0 Å². The summed E-state index contributed by atoms with van der Waals surface area (Å²) in [6, 6.07) is 13.8. The Morgan fingerprint density at radius 1 is 1.07 bits per heavy atom. The van der Waals surface area contributed by atoms with Crippen LogP contribution in [0, 0.1) is 5.92 Å². The van der Waals surface area contributed by atoms with Crippen LogP contribution in [0.5, 0.6) is 17.2 Å². The molecular formula is C23H29NO4. The van der Waals surface area contributed by atoms with E-state index in [1.54, 1.807) is 7.11 Å². The number of benzene rings is 2. The van der Waals surface area contributed by atoms with Crippen molar-refractivity contribution < 1.29 is 19.0 Å². The Kier molecular flexibility index (Phi) is 6.80. The Bertz CT molecular complexity index is 786. The zero-order valence-electron chi connectivity index (χ0n) is 16.9. The number of fused-ring (bicyclic) bond motifs is 1. The van der Waals surface area contributed by atoms with Crippen molar-refractivity contribution in [1.82, 2.24) is 5.32 Å². The Labute approximate surface area is 167 Å². The third-order valence-corrected chi connectivity index (χ3v) is 4.81. The van der Waals surface area contributed by atoms with Crippen LogP contribution >= 0.6 is 0 Å². The summed E-state index contributed by atoms with van der Waals surface area (Å²) in [6.45, 7) is 5.47. The summed E-state index contributed by atoms with van der Waals surface area (Å²) in [5, 5.41) is 3.20. The third kappa shape index (κ3) is 5.41. The zero-order valence-corrected chi connectivity index (χ0v) is 16.9. The molecule has 3 rings (SSSR count). The molecule has 0 spiro atoms. The molecule has 0 radical (unpaired) electrons. The first-order valence-electron chi connectivity index (χ1n) is 9.87. The minimum Gasteiger partial charge on any atom is -0.497 e. The molecule has 1 heterocycles. The monoisotopic (exact) mass is 383 g/mol. The number of hydrogen-bond donors (Lipinski definition) is 1. The molecule has 0 fully saturated rings. The summed E-state index contributed by atoms with van der Waals surface area (Å²) in [7, 11) is 1.65. The average molecular weight is 383 g/mol. The van der Waals surface area contributed by atoms with Crippen molar-refractivity contribution in [1.29, 1.82) is 0 Å². The Balaban J connectivity index is 1.60. The number of carbonyl (C=O) groups is 1. The fourth-order valence-electron chi connectivity index (χ4n) is 3.35. The highest BCUT2D eigenvalue weighted by atomic mass is 16.6. The second-order valence-electron chi connectivity index (χ2n) is 7.50. The highest BCUT2D eigenvalue weighted by Gasteiger charge is 2.17. The van der Waals surface area contributed by atoms with Crippen LogP contribution in [0.1, 0.15) is 43.9 Å². The van der Waals surface area contributed by atoms with Gasteiger partial charge in [0.25, 0.3) is 0 Å². The van der Waals surface area contributed by atoms with Crippen molar-refractivity contribution in [2.75, 3.05) is 20.3 Å². The molecule has 1 atom stereocenters. The number of methoxy groups -OCH3 is 1. The van der Waals surface area contributed by atoms with Crippen molar-refractivity contribution in [3.05, 3.63) is 53.6 Å². The molecule has 1 aliphatic rings. The maximum atomic E-state index is 12.6. The van der Waals surface area contributed by atoms with Crippen LogP contribution in [0.3, 0.4) is 0 Å². The number of rotatable bonds is 8. The van der Waals surface area contributed by atoms with Crippen molar-refractivity contribution in [2.45, 2.75) is 39.2 Å². The van der Waals surface area contributed by atoms with E-state index in [0.717, 1.165) is 34.8 Å². The molecule has 1 aliphatic heterocycles. The molecule has 0 aliphatic carbocycles. The molecule has 5 heteroatoms. The zero-order chi connectivity index (χ0) is 19.9. The van der Waals surface area contributed by atoms with E-state index in [1.807, 2.05) is 42.5 Å². The molecule has 150 valence electrons. The maximum absolute atomic E-state index is 12.6. The number of nitrogens with one attached hydrogen (secondary N) is 1. The van der Waals surface area contributed by atoms with Gasteiger partial charge in [0.2, 0.25) is 5.91 Å². The van der Waals surface area contributed by atoms with Crippen LogP contribution in [0.15, 0.2) is 42.5 Å². The number of aryl methyl sites for hydroxylation is 1. The SMILES string of the molecule is COc1ccc(C(CC(C)C)NC(=O)CCc2ccc3c(c2)OCCO3)cc1. The predicted molar refractivity (Wildman–Crippen MR) is 109 cm³/mol. The number of amides is 1. The molecule has 0 saturated carbocycles. The molecular weight excluding hydrogens is 354 g/mol. The smallest absolute Gasteiger partial charge is 0.220 e. The van der Waals surface area contributed by atoms with Gasteiger partial charge < -0.3 is 19.5 Å². The minimum atomic E-state index is -0.00123. The molecule has 0 aromatic heterocycles. The van der Waals surface area contributed by atoms with Gasteiger partial charge in [0.15, 0.2) is 11.5 Å². The van der Waals surface area contributed by atoms with Crippen molar-refractivity contribution in [3.63, 3.8) is 0 Å². The van der Waals surface area contributed by atoms with Crippen LogP contribution in [-0.2, 0) is 11.2 Å². The standard InChI is InChI=1S/C23H29NO4/c1-16(2)14-20(18-6-8-19(26-3)9-7-18)24-23(25)11-5-17-4-10-21-22(15-17)28-13-12-27-21/h4,6-10,15-16,20H,5,11-14H2,1-3H3,(H,24,25). The lowest BCUT2D eigenvalue weighted by Gasteiger charge is -2.22. The van der Waals surface area contributed by atoms with E-state index in [9.17, 15) is 4.79 Å². The first-order chi connectivity index (χ1) is 13.5. The quantitative estimate of drug-likeness (QED) is 0.738. The van der Waals surface area contributed by atoms with Crippen LogP contribution < -0.4 is 19.5 Å². The van der Waals surface area contributed by atoms with Crippen LogP contribution in [-0.4, -0.2) is 26.2 Å². The third-order valence-electron chi connectivity index (χ3n) is 4.81. The number of ether oxygens (including phenoxy) is 3. The van der Waals surface area contributed by atoms with E-state index in [-0.39, 0.29) is 11.9 Å². The lowest BCUT2D eigenvalue weighted by atomic mass is 9.96. The maximum Gasteiger partial charge on any atom is 0.220 e. The minimum absolute atomic E-state index is 0.00123. The first kappa shape index (κ1) is 20.1. The lowest BCUT2D eigenvalue weighted by molar-refractivity contribution is -0.121. The number of carbonyl (C=O) groups excluding carboxylic acids is 1. The van der Waals surface area contributed by atoms with Gasteiger partial charge in [-0.3, -0.25) is 4.79 Å². The highest BCUT2D eigenvalue weighted by molar-refractivity contribution is 5.76. The fraction of sp³-hybridized carbons (Fsp3) is 0.435. The van der Waals surface area contributed by atoms with E-state index in [0.29, 0.717) is 32.0 Å². The highest BCUT2D eigenvalue weighted by Crippen LogP contribution is 2.31. The summed E-state index contributed by atoms with van der Waals surface area (Å²) < 4.78 is 16.4. The van der Waals surface area contributed by atoms with E-state index < -0.39 is 0 Å². The van der Waals surface area contributed by atoms with Crippen LogP contribution in [0.4, 0.5) is 0 Å². The number of hydrogen-bond acceptors (Lipinski definition) is 4. The van der Waals surface area contributed by atoms with Gasteiger partial charge in [-0.2, -0.15) is 0 Å². The van der Waals surface area contributed by atoms with Gasteiger partial charge >= 0.3 is 0 Å². The van der Waals surface area contributed by atoms with Gasteiger partial charge in [0, 0.05) is 6.42 Å². The molecule has 0 saturated heterocycles. The molecule has 5 nitrogen and oxygen atoms in total. The van der Waals surface area contributed by atoms with Gasteiger partial charge in [-0.25, -0.2) is 0 Å². The van der Waals surface area contributed by atoms with Gasteiger partial charge in [-0.1, -0.05) is 32.0 Å². The fourth-order valence-corrected chi connectivity index (χ4v) is 3.35. The molecule has 2 aromatic rings. The second kappa shape index (κ2) is 9.49. The van der Waals surface area contributed by atoms with Crippen LogP contribution in [0.25, 0.3) is 0 Å². The molecule has 1 amide bonds. The van der Waals surface area contributed by atoms with E-state index >= 15 is 0 Å². The summed E-state index contributed by atoms with van der Waals surface area (Å²) >= 11 is 0. The molecule has 2 aromatic carbocycles. The topological polar surface area (TPSA) is 56.8 Å². The Morgan fingerprint density at radius 2 is 1.79 bits per heavy atom. The molecule has 1 N–H and O–H groups in total. The van der Waals surface area contributed by atoms with Crippen molar-refractivity contribution in [3.8, 4) is 17.2 Å². The second-order valence-corrected chi connectivity index (χ2v) is 7.50. The van der Waals surface area contributed by atoms with Gasteiger partial charge in [0.05, 0.1) is 13.2 Å². The molecule has 1 unspecified atom stereocenters. The summed E-state index contributed by atoms with van der Waals surface area (Å²) in [6.07, 6.45) is 1.99. The van der Waals surface area contributed by atoms with E-state index in [2.05, 4.69) is 19.2 Å². The predicted octanol–water partition coefficient (Wildman–Crippen LogP) is 4.30. The summed E-state index contributed by atoms with van der Waals surface area (Å²) in [4.78, 5) is 12.6. The first-order valence-corrected chi connectivity index (χ1v) is 9.87. The Hall–Kier alpha value is -2.69. The summed E-state index contributed by atoms with van der Waals surface area (Å²) in [5.74, 6) is 2.88. The average Bonchev–Trinajstić information content (AvgIpc) is 2.71.